The number of hydrazine groups is 1. The number of methoxy groups -OCH3 is 2. The molecular formula is C13H23N3O2. The Kier molecular flexibility index (Phi) is 5.91. The van der Waals surface area contributed by atoms with Crippen LogP contribution in [0, 0.1) is 0 Å². The molecule has 0 aliphatic rings. The fourth-order valence-corrected chi connectivity index (χ4v) is 1.80. The molecule has 18 heavy (non-hydrogen) atoms. The summed E-state index contributed by atoms with van der Waals surface area (Å²) >= 11 is 0. The van der Waals surface area contributed by atoms with Gasteiger partial charge in [0.05, 0.1) is 14.2 Å². The van der Waals surface area contributed by atoms with Crippen molar-refractivity contribution < 1.29 is 9.47 Å². The molecule has 0 aromatic heterocycles. The number of nitrogens with one attached hydrogen (secondary N) is 1. The predicted molar refractivity (Wildman–Crippen MR) is 72.8 cm³/mol. The van der Waals surface area contributed by atoms with Crippen molar-refractivity contribution in [1.82, 2.24) is 10.3 Å². The van der Waals surface area contributed by atoms with Gasteiger partial charge in [-0.1, -0.05) is 6.07 Å². The van der Waals surface area contributed by atoms with Crippen LogP contribution >= 0.6 is 0 Å². The van der Waals surface area contributed by atoms with Crippen molar-refractivity contribution in [2.75, 3.05) is 34.9 Å². The molecule has 1 unspecified atom stereocenters. The number of hydrogen-bond donors (Lipinski definition) is 2. The van der Waals surface area contributed by atoms with Gasteiger partial charge in [-0.15, -0.1) is 0 Å². The van der Waals surface area contributed by atoms with E-state index in [0.29, 0.717) is 0 Å². The van der Waals surface area contributed by atoms with Crippen LogP contribution in [0.25, 0.3) is 0 Å². The Morgan fingerprint density at radius 1 is 1.22 bits per heavy atom. The van der Waals surface area contributed by atoms with Crippen LogP contribution < -0.4 is 20.7 Å². The number of nitrogens with zero attached hydrogens (tertiary/aromatic N) is 1. The summed E-state index contributed by atoms with van der Waals surface area (Å²) in [6.45, 7) is 0.962. The van der Waals surface area contributed by atoms with Gasteiger partial charge in [0, 0.05) is 6.04 Å². The Morgan fingerprint density at radius 2 is 1.89 bits per heavy atom. The number of nitrogens with two attached hydrogens (primary N) is 1. The third kappa shape index (κ3) is 3.87. The van der Waals surface area contributed by atoms with E-state index in [1.807, 2.05) is 32.3 Å². The summed E-state index contributed by atoms with van der Waals surface area (Å²) < 4.78 is 10.5. The standard InChI is InChI=1S/C13H23N3O2/c1-16(2)8-7-11(15-14)10-5-6-12(17-3)13(9-10)18-4/h5-6,9,11,15H,7-8,14H2,1-4H3. The molecule has 5 nitrogen and oxygen atoms in total. The lowest BCUT2D eigenvalue weighted by Crippen LogP contribution is -2.30. The molecule has 1 atom stereocenters. The lowest BCUT2D eigenvalue weighted by Gasteiger charge is -2.20. The Balaban J connectivity index is 2.85. The third-order valence-corrected chi connectivity index (χ3v) is 2.88. The maximum Gasteiger partial charge on any atom is 0.161 e. The van der Waals surface area contributed by atoms with Gasteiger partial charge in [-0.2, -0.15) is 0 Å². The minimum Gasteiger partial charge on any atom is -0.493 e. The van der Waals surface area contributed by atoms with Crippen molar-refractivity contribution in [2.45, 2.75) is 12.5 Å². The van der Waals surface area contributed by atoms with Crippen molar-refractivity contribution in [3.05, 3.63) is 23.8 Å². The van der Waals surface area contributed by atoms with E-state index in [0.717, 1.165) is 30.0 Å². The van der Waals surface area contributed by atoms with Gasteiger partial charge in [-0.25, -0.2) is 0 Å². The second-order valence-corrected chi connectivity index (χ2v) is 4.43. The van der Waals surface area contributed by atoms with Gasteiger partial charge in [0.15, 0.2) is 11.5 Å². The van der Waals surface area contributed by atoms with Crippen LogP contribution in [0.2, 0.25) is 0 Å². The first-order valence-electron chi connectivity index (χ1n) is 5.95. The van der Waals surface area contributed by atoms with E-state index < -0.39 is 0 Å². The zero-order chi connectivity index (χ0) is 13.5. The zero-order valence-electron chi connectivity index (χ0n) is 11.6. The molecule has 1 rings (SSSR count). The molecule has 0 aliphatic carbocycles. The first-order valence-corrected chi connectivity index (χ1v) is 5.95. The molecule has 0 spiro atoms. The summed E-state index contributed by atoms with van der Waals surface area (Å²) in [4.78, 5) is 2.13. The first-order chi connectivity index (χ1) is 8.62. The summed E-state index contributed by atoms with van der Waals surface area (Å²) in [5.41, 5.74) is 3.93. The van der Waals surface area contributed by atoms with Crippen molar-refractivity contribution in [2.24, 2.45) is 5.84 Å². The predicted octanol–water partition coefficient (Wildman–Crippen LogP) is 1.16. The maximum atomic E-state index is 5.61. The number of hydrogen-bond acceptors (Lipinski definition) is 5. The molecule has 0 saturated heterocycles. The Bertz CT molecular complexity index is 369. The summed E-state index contributed by atoms with van der Waals surface area (Å²) in [7, 11) is 7.35. The van der Waals surface area contributed by atoms with Crippen LogP contribution in [-0.4, -0.2) is 39.8 Å². The molecule has 5 heteroatoms. The number of ether oxygens (including phenoxy) is 2. The third-order valence-electron chi connectivity index (χ3n) is 2.88. The summed E-state index contributed by atoms with van der Waals surface area (Å²) in [6.07, 6.45) is 0.930. The van der Waals surface area contributed by atoms with Gasteiger partial charge >= 0.3 is 0 Å². The highest BCUT2D eigenvalue weighted by Gasteiger charge is 2.13. The second-order valence-electron chi connectivity index (χ2n) is 4.43. The smallest absolute Gasteiger partial charge is 0.161 e. The van der Waals surface area contributed by atoms with Crippen LogP contribution in [0.5, 0.6) is 11.5 Å². The topological polar surface area (TPSA) is 59.8 Å². The summed E-state index contributed by atoms with van der Waals surface area (Å²) in [6, 6.07) is 5.96. The van der Waals surface area contributed by atoms with Crippen molar-refractivity contribution >= 4 is 0 Å². The first kappa shape index (κ1) is 14.8. The highest BCUT2D eigenvalue weighted by molar-refractivity contribution is 5.43. The SMILES string of the molecule is COc1ccc(C(CCN(C)C)NN)cc1OC. The molecule has 0 heterocycles. The second kappa shape index (κ2) is 7.20. The van der Waals surface area contributed by atoms with Gasteiger partial charge in [0.2, 0.25) is 0 Å². The van der Waals surface area contributed by atoms with Crippen molar-refractivity contribution in [3.8, 4) is 11.5 Å². The van der Waals surface area contributed by atoms with Crippen LogP contribution in [0.15, 0.2) is 18.2 Å². The van der Waals surface area contributed by atoms with Gasteiger partial charge in [-0.05, 0) is 44.8 Å². The molecule has 1 aromatic carbocycles. The average molecular weight is 253 g/mol. The molecule has 0 fully saturated rings. The maximum absolute atomic E-state index is 5.61. The van der Waals surface area contributed by atoms with Gasteiger partial charge in [-0.3, -0.25) is 11.3 Å². The van der Waals surface area contributed by atoms with Crippen LogP contribution in [0.1, 0.15) is 18.0 Å². The fourth-order valence-electron chi connectivity index (χ4n) is 1.80. The van der Waals surface area contributed by atoms with E-state index in [9.17, 15) is 0 Å². The molecule has 0 bridgehead atoms. The molecule has 0 saturated carbocycles. The van der Waals surface area contributed by atoms with E-state index in [4.69, 9.17) is 15.3 Å². The Labute approximate surface area is 109 Å². The van der Waals surface area contributed by atoms with Crippen LogP contribution in [0.3, 0.4) is 0 Å². The minimum atomic E-state index is 0.104. The van der Waals surface area contributed by atoms with E-state index >= 15 is 0 Å². The molecule has 102 valence electrons. The van der Waals surface area contributed by atoms with Gasteiger partial charge in [0.1, 0.15) is 0 Å². The van der Waals surface area contributed by atoms with Crippen molar-refractivity contribution in [1.29, 1.82) is 0 Å². The summed E-state index contributed by atoms with van der Waals surface area (Å²) in [5.74, 6) is 7.06. The lowest BCUT2D eigenvalue weighted by atomic mass is 10.0. The molecule has 0 amide bonds. The van der Waals surface area contributed by atoms with E-state index in [-0.39, 0.29) is 6.04 Å². The van der Waals surface area contributed by atoms with Gasteiger partial charge < -0.3 is 14.4 Å². The number of benzene rings is 1. The van der Waals surface area contributed by atoms with Crippen LogP contribution in [-0.2, 0) is 0 Å². The fraction of sp³-hybridized carbons (Fsp3) is 0.538. The van der Waals surface area contributed by atoms with Gasteiger partial charge in [0.25, 0.3) is 0 Å². The van der Waals surface area contributed by atoms with E-state index in [1.54, 1.807) is 14.2 Å². The molecule has 3 N–H and O–H groups in total. The Morgan fingerprint density at radius 3 is 2.39 bits per heavy atom. The Hall–Kier alpha value is -1.30. The summed E-state index contributed by atoms with van der Waals surface area (Å²) in [5, 5.41) is 0. The molecular weight excluding hydrogens is 230 g/mol. The van der Waals surface area contributed by atoms with E-state index in [2.05, 4.69) is 10.3 Å². The molecule has 0 aliphatic heterocycles. The zero-order valence-corrected chi connectivity index (χ0v) is 11.6. The average Bonchev–Trinajstić information content (AvgIpc) is 2.38. The van der Waals surface area contributed by atoms with E-state index in [1.165, 1.54) is 0 Å². The van der Waals surface area contributed by atoms with Crippen LogP contribution in [0.4, 0.5) is 0 Å². The minimum absolute atomic E-state index is 0.104. The monoisotopic (exact) mass is 253 g/mol. The number of rotatable bonds is 7. The normalized spacial score (nSPS) is 12.6. The quantitative estimate of drug-likeness (QED) is 0.564. The lowest BCUT2D eigenvalue weighted by molar-refractivity contribution is 0.349. The largest absolute Gasteiger partial charge is 0.493 e. The highest BCUT2D eigenvalue weighted by atomic mass is 16.5. The molecule has 0 radical (unpaired) electrons. The molecule has 1 aromatic rings. The van der Waals surface area contributed by atoms with Crippen molar-refractivity contribution in [3.63, 3.8) is 0 Å². The highest BCUT2D eigenvalue weighted by Crippen LogP contribution is 2.30.